The number of carbonyl (C=O) groups is 1. The maximum Gasteiger partial charge on any atom is 0.242 e. The van der Waals surface area contributed by atoms with Crippen molar-refractivity contribution in [2.45, 2.75) is 19.4 Å². The molecule has 0 unspecified atom stereocenters. The van der Waals surface area contributed by atoms with Crippen LogP contribution in [0.4, 0.5) is 0 Å². The summed E-state index contributed by atoms with van der Waals surface area (Å²) in [6.07, 6.45) is 1.82. The minimum atomic E-state index is 0.102. The van der Waals surface area contributed by atoms with Crippen molar-refractivity contribution in [1.29, 1.82) is 0 Å². The molecule has 0 saturated carbocycles. The Morgan fingerprint density at radius 2 is 2.07 bits per heavy atom. The number of hydrogen-bond donors (Lipinski definition) is 2. The molecular formula is C20H26N4O2S. The van der Waals surface area contributed by atoms with Crippen molar-refractivity contribution in [3.05, 3.63) is 51.7 Å². The van der Waals surface area contributed by atoms with Crippen LogP contribution in [-0.4, -0.2) is 50.6 Å². The molecule has 1 aliphatic rings. The quantitative estimate of drug-likeness (QED) is 0.589. The number of fused-ring (bicyclic) bond motifs is 1. The fourth-order valence-corrected chi connectivity index (χ4v) is 3.96. The average Bonchev–Trinajstić information content (AvgIpc) is 3.18. The third-order valence-electron chi connectivity index (χ3n) is 4.66. The second-order valence-corrected chi connectivity index (χ2v) is 7.39. The molecule has 1 amide bonds. The molecule has 6 nitrogen and oxygen atoms in total. The molecule has 7 heteroatoms. The smallest absolute Gasteiger partial charge is 0.242 e. The number of aliphatic imine (C=N–C) groups is 1. The fraction of sp³-hybridized carbons (Fsp3) is 0.400. The number of amides is 1. The molecule has 0 radical (unpaired) electrons. The van der Waals surface area contributed by atoms with E-state index >= 15 is 0 Å². The Bertz CT molecular complexity index is 786. The van der Waals surface area contributed by atoms with Crippen molar-refractivity contribution in [3.8, 4) is 5.75 Å². The molecule has 0 fully saturated rings. The highest BCUT2D eigenvalue weighted by molar-refractivity contribution is 7.10. The van der Waals surface area contributed by atoms with Crippen molar-refractivity contribution >= 4 is 23.2 Å². The molecule has 2 aromatic rings. The van der Waals surface area contributed by atoms with E-state index in [1.54, 1.807) is 25.5 Å². The van der Waals surface area contributed by atoms with E-state index in [9.17, 15) is 4.79 Å². The van der Waals surface area contributed by atoms with Gasteiger partial charge in [-0.25, -0.2) is 0 Å². The van der Waals surface area contributed by atoms with E-state index in [4.69, 9.17) is 4.74 Å². The van der Waals surface area contributed by atoms with Crippen LogP contribution in [0.2, 0.25) is 0 Å². The fourth-order valence-electron chi connectivity index (χ4n) is 3.07. The third kappa shape index (κ3) is 5.23. The van der Waals surface area contributed by atoms with Gasteiger partial charge in [0.1, 0.15) is 5.75 Å². The van der Waals surface area contributed by atoms with Gasteiger partial charge in [0.25, 0.3) is 0 Å². The summed E-state index contributed by atoms with van der Waals surface area (Å²) in [5.41, 5.74) is 2.50. The van der Waals surface area contributed by atoms with Crippen molar-refractivity contribution in [2.75, 3.05) is 33.8 Å². The Hall–Kier alpha value is -2.54. The molecule has 1 aliphatic heterocycles. The van der Waals surface area contributed by atoms with Crippen molar-refractivity contribution in [1.82, 2.24) is 15.5 Å². The van der Waals surface area contributed by atoms with E-state index in [-0.39, 0.29) is 12.5 Å². The predicted molar refractivity (Wildman–Crippen MR) is 110 cm³/mol. The summed E-state index contributed by atoms with van der Waals surface area (Å²) in [5.74, 6) is 1.60. The van der Waals surface area contributed by atoms with Crippen LogP contribution in [0.25, 0.3) is 0 Å². The summed E-state index contributed by atoms with van der Waals surface area (Å²) < 4.78 is 5.17. The second kappa shape index (κ2) is 9.41. The van der Waals surface area contributed by atoms with Crippen LogP contribution in [-0.2, 0) is 24.2 Å². The number of ether oxygens (including phenoxy) is 1. The minimum Gasteiger partial charge on any atom is -0.497 e. The lowest BCUT2D eigenvalue weighted by molar-refractivity contribution is -0.130. The lowest BCUT2D eigenvalue weighted by Crippen LogP contribution is -2.46. The van der Waals surface area contributed by atoms with Gasteiger partial charge in [0.15, 0.2) is 5.96 Å². The number of rotatable bonds is 6. The van der Waals surface area contributed by atoms with Gasteiger partial charge in [0.2, 0.25) is 5.91 Å². The Labute approximate surface area is 164 Å². The van der Waals surface area contributed by atoms with Gasteiger partial charge in [-0.1, -0.05) is 12.1 Å². The molecule has 1 aromatic heterocycles. The van der Waals surface area contributed by atoms with Crippen LogP contribution in [0.15, 0.2) is 40.7 Å². The molecule has 144 valence electrons. The normalized spacial score (nSPS) is 13.9. The summed E-state index contributed by atoms with van der Waals surface area (Å²) >= 11 is 1.78. The van der Waals surface area contributed by atoms with Gasteiger partial charge < -0.3 is 20.3 Å². The number of thiophene rings is 1. The molecule has 0 atom stereocenters. The molecule has 0 saturated heterocycles. The molecule has 0 spiro atoms. The first-order valence-corrected chi connectivity index (χ1v) is 9.98. The van der Waals surface area contributed by atoms with Crippen molar-refractivity contribution in [3.63, 3.8) is 0 Å². The Balaban J connectivity index is 1.40. The average molecular weight is 387 g/mol. The summed E-state index contributed by atoms with van der Waals surface area (Å²) in [7, 11) is 3.38. The summed E-state index contributed by atoms with van der Waals surface area (Å²) in [5, 5.41) is 8.48. The van der Waals surface area contributed by atoms with E-state index in [0.717, 1.165) is 31.7 Å². The minimum absolute atomic E-state index is 0.102. The number of benzene rings is 1. The number of carbonyl (C=O) groups excluding carboxylic acids is 1. The van der Waals surface area contributed by atoms with E-state index in [0.29, 0.717) is 12.5 Å². The molecule has 1 aromatic carbocycles. The number of guanidine groups is 1. The van der Waals surface area contributed by atoms with Crippen molar-refractivity contribution < 1.29 is 9.53 Å². The van der Waals surface area contributed by atoms with E-state index in [2.05, 4.69) is 39.2 Å². The zero-order valence-corrected chi connectivity index (χ0v) is 16.6. The summed E-state index contributed by atoms with van der Waals surface area (Å²) in [6.45, 7) is 2.49. The Morgan fingerprint density at radius 1 is 1.26 bits per heavy atom. The third-order valence-corrected chi connectivity index (χ3v) is 5.68. The van der Waals surface area contributed by atoms with Gasteiger partial charge in [-0.2, -0.15) is 0 Å². The van der Waals surface area contributed by atoms with E-state index in [1.165, 1.54) is 16.0 Å². The van der Waals surface area contributed by atoms with E-state index in [1.807, 2.05) is 17.0 Å². The van der Waals surface area contributed by atoms with Gasteiger partial charge in [-0.15, -0.1) is 11.3 Å². The van der Waals surface area contributed by atoms with Gasteiger partial charge >= 0.3 is 0 Å². The van der Waals surface area contributed by atoms with Gasteiger partial charge in [-0.3, -0.25) is 9.79 Å². The number of nitrogens with one attached hydrogen (secondary N) is 2. The predicted octanol–water partition coefficient (Wildman–Crippen LogP) is 2.05. The number of hydrogen-bond acceptors (Lipinski definition) is 4. The van der Waals surface area contributed by atoms with Crippen LogP contribution in [0.5, 0.6) is 5.75 Å². The second-order valence-electron chi connectivity index (χ2n) is 6.38. The lowest BCUT2D eigenvalue weighted by Gasteiger charge is -2.27. The summed E-state index contributed by atoms with van der Waals surface area (Å²) in [6, 6.07) is 10.1. The molecular weight excluding hydrogens is 360 g/mol. The molecule has 27 heavy (non-hydrogen) atoms. The SMILES string of the molecule is CN=C(NCCc1ccc(OC)cc1)NCC(=O)N1CCc2sccc2C1. The van der Waals surface area contributed by atoms with Crippen LogP contribution >= 0.6 is 11.3 Å². The first-order valence-electron chi connectivity index (χ1n) is 9.10. The molecule has 0 aliphatic carbocycles. The highest BCUT2D eigenvalue weighted by Gasteiger charge is 2.21. The van der Waals surface area contributed by atoms with Crippen LogP contribution in [0, 0.1) is 0 Å². The molecule has 0 bridgehead atoms. The first-order chi connectivity index (χ1) is 13.2. The van der Waals surface area contributed by atoms with E-state index < -0.39 is 0 Å². The maximum absolute atomic E-state index is 12.5. The Kier molecular flexibility index (Phi) is 6.70. The first kappa shape index (κ1) is 19.2. The van der Waals surface area contributed by atoms with Crippen LogP contribution < -0.4 is 15.4 Å². The number of nitrogens with zero attached hydrogens (tertiary/aromatic N) is 2. The van der Waals surface area contributed by atoms with Crippen molar-refractivity contribution in [2.24, 2.45) is 4.99 Å². The number of methoxy groups -OCH3 is 1. The zero-order valence-electron chi connectivity index (χ0n) is 15.8. The van der Waals surface area contributed by atoms with Crippen LogP contribution in [0.1, 0.15) is 16.0 Å². The monoisotopic (exact) mass is 386 g/mol. The molecule has 2 N–H and O–H groups in total. The Morgan fingerprint density at radius 3 is 2.81 bits per heavy atom. The largest absolute Gasteiger partial charge is 0.497 e. The molecule has 2 heterocycles. The van der Waals surface area contributed by atoms with Gasteiger partial charge in [-0.05, 0) is 47.5 Å². The highest BCUT2D eigenvalue weighted by Crippen LogP contribution is 2.23. The van der Waals surface area contributed by atoms with Crippen LogP contribution in [0.3, 0.4) is 0 Å². The summed E-state index contributed by atoms with van der Waals surface area (Å²) in [4.78, 5) is 20.0. The van der Waals surface area contributed by atoms with Gasteiger partial charge in [0, 0.05) is 31.6 Å². The molecule has 3 rings (SSSR count). The zero-order chi connectivity index (χ0) is 19.1. The topological polar surface area (TPSA) is 66.0 Å². The van der Waals surface area contributed by atoms with Gasteiger partial charge in [0.05, 0.1) is 13.7 Å². The standard InChI is InChI=1S/C20H26N4O2S/c1-21-20(22-10-7-15-3-5-17(26-2)6-4-15)23-13-19(25)24-11-8-18-16(14-24)9-12-27-18/h3-6,9,12H,7-8,10-11,13-14H2,1-2H3,(H2,21,22,23). The maximum atomic E-state index is 12.5. The lowest BCUT2D eigenvalue weighted by atomic mass is 10.1. The highest BCUT2D eigenvalue weighted by atomic mass is 32.1.